The molecule has 7 heteroatoms. The van der Waals surface area contributed by atoms with Crippen molar-refractivity contribution in [3.05, 3.63) is 71.3 Å². The summed E-state index contributed by atoms with van der Waals surface area (Å²) in [7, 11) is 0. The van der Waals surface area contributed by atoms with Crippen LogP contribution in [0.15, 0.2) is 59.7 Å². The first-order chi connectivity index (χ1) is 12.9. The van der Waals surface area contributed by atoms with Crippen molar-refractivity contribution in [2.75, 3.05) is 0 Å². The maximum Gasteiger partial charge on any atom is 0.438 e. The molecule has 148 valence electrons. The minimum atomic E-state index is -5.06. The Morgan fingerprint density at radius 3 is 2.11 bits per heavy atom. The number of hydrazone groups is 1. The Balaban J connectivity index is 2.00. The molecule has 4 nitrogen and oxygen atoms in total. The number of nitrogens with zero attached hydrogens (tertiary/aromatic N) is 2. The summed E-state index contributed by atoms with van der Waals surface area (Å²) < 4.78 is 41.0. The van der Waals surface area contributed by atoms with Crippen LogP contribution in [0, 0.1) is 0 Å². The fourth-order valence-corrected chi connectivity index (χ4v) is 3.01. The molecule has 0 saturated heterocycles. The molecular weight excluding hydrogens is 369 g/mol. The molecule has 2 aromatic rings. The van der Waals surface area contributed by atoms with Gasteiger partial charge < -0.3 is 5.11 Å². The van der Waals surface area contributed by atoms with Crippen molar-refractivity contribution in [1.29, 1.82) is 0 Å². The van der Waals surface area contributed by atoms with E-state index in [1.54, 1.807) is 42.5 Å². The zero-order valence-electron chi connectivity index (χ0n) is 15.8. The first kappa shape index (κ1) is 20.1. The average Bonchev–Trinajstić information content (AvgIpc) is 3.00. The van der Waals surface area contributed by atoms with Crippen molar-refractivity contribution < 1.29 is 23.1 Å². The predicted octanol–water partition coefficient (Wildman–Crippen LogP) is 4.49. The summed E-state index contributed by atoms with van der Waals surface area (Å²) in [6, 6.07) is 14.5. The number of carbonyl (C=O) groups excluding carboxylic acids is 1. The Morgan fingerprint density at radius 1 is 1.04 bits per heavy atom. The van der Waals surface area contributed by atoms with Gasteiger partial charge in [0.15, 0.2) is 0 Å². The van der Waals surface area contributed by atoms with Crippen LogP contribution in [-0.4, -0.2) is 33.6 Å². The van der Waals surface area contributed by atoms with Gasteiger partial charge in [-0.05, 0) is 28.7 Å². The van der Waals surface area contributed by atoms with Crippen LogP contribution in [0.5, 0.6) is 0 Å². The average molecular weight is 390 g/mol. The first-order valence-corrected chi connectivity index (χ1v) is 8.80. The van der Waals surface area contributed by atoms with Gasteiger partial charge in [-0.3, -0.25) is 4.79 Å². The topological polar surface area (TPSA) is 52.9 Å². The van der Waals surface area contributed by atoms with Crippen LogP contribution in [-0.2, 0) is 5.41 Å². The number of rotatable bonds is 2. The second-order valence-corrected chi connectivity index (χ2v) is 7.85. The van der Waals surface area contributed by atoms with E-state index in [4.69, 9.17) is 0 Å². The maximum absolute atomic E-state index is 13.7. The van der Waals surface area contributed by atoms with Crippen LogP contribution in [0.2, 0.25) is 0 Å². The van der Waals surface area contributed by atoms with E-state index in [0.717, 1.165) is 5.56 Å². The molecule has 1 N–H and O–H groups in total. The highest BCUT2D eigenvalue weighted by atomic mass is 19.4. The molecule has 3 rings (SSSR count). The lowest BCUT2D eigenvalue weighted by molar-refractivity contribution is -0.297. The highest BCUT2D eigenvalue weighted by Gasteiger charge is 2.63. The molecule has 0 spiro atoms. The Labute approximate surface area is 161 Å². The number of hydrogen-bond acceptors (Lipinski definition) is 3. The molecule has 0 radical (unpaired) electrons. The van der Waals surface area contributed by atoms with Crippen molar-refractivity contribution in [3.63, 3.8) is 0 Å². The van der Waals surface area contributed by atoms with Gasteiger partial charge in [0.2, 0.25) is 0 Å². The predicted molar refractivity (Wildman–Crippen MR) is 99.9 cm³/mol. The number of amides is 1. The molecule has 1 aliphatic rings. The number of alkyl halides is 3. The number of carbonyl (C=O) groups is 1. The van der Waals surface area contributed by atoms with Crippen LogP contribution in [0.1, 0.15) is 48.7 Å². The third-order valence-corrected chi connectivity index (χ3v) is 4.74. The molecule has 1 atom stereocenters. The van der Waals surface area contributed by atoms with Crippen molar-refractivity contribution in [1.82, 2.24) is 5.01 Å². The molecule has 28 heavy (non-hydrogen) atoms. The molecule has 1 amide bonds. The van der Waals surface area contributed by atoms with Gasteiger partial charge in [0.1, 0.15) is 0 Å². The van der Waals surface area contributed by atoms with E-state index < -0.39 is 24.2 Å². The zero-order chi connectivity index (χ0) is 20.7. The minimum absolute atomic E-state index is 0.0000803. The lowest BCUT2D eigenvalue weighted by atomic mass is 9.86. The number of hydrogen-bond donors (Lipinski definition) is 1. The van der Waals surface area contributed by atoms with Gasteiger partial charge in [-0.1, -0.05) is 63.2 Å². The van der Waals surface area contributed by atoms with E-state index in [0.29, 0.717) is 5.56 Å². The Hall–Kier alpha value is -2.67. The summed E-state index contributed by atoms with van der Waals surface area (Å²) in [4.78, 5) is 12.8. The fourth-order valence-electron chi connectivity index (χ4n) is 3.01. The molecule has 1 aliphatic heterocycles. The molecule has 0 fully saturated rings. The molecule has 0 bridgehead atoms. The van der Waals surface area contributed by atoms with Gasteiger partial charge in [-0.25, -0.2) is 0 Å². The first-order valence-electron chi connectivity index (χ1n) is 8.80. The van der Waals surface area contributed by atoms with E-state index in [-0.39, 0.29) is 21.7 Å². The zero-order valence-corrected chi connectivity index (χ0v) is 15.8. The number of halogens is 3. The molecule has 0 aliphatic carbocycles. The maximum atomic E-state index is 13.7. The second-order valence-electron chi connectivity index (χ2n) is 7.85. The van der Waals surface area contributed by atoms with E-state index >= 15 is 0 Å². The van der Waals surface area contributed by atoms with Crippen LogP contribution in [0.25, 0.3) is 0 Å². The quantitative estimate of drug-likeness (QED) is 0.822. The largest absolute Gasteiger partial charge is 0.438 e. The smallest absolute Gasteiger partial charge is 0.362 e. The lowest BCUT2D eigenvalue weighted by Gasteiger charge is -2.32. The van der Waals surface area contributed by atoms with E-state index in [1.165, 1.54) is 12.1 Å². The second kappa shape index (κ2) is 6.74. The Morgan fingerprint density at radius 2 is 1.61 bits per heavy atom. The van der Waals surface area contributed by atoms with Crippen molar-refractivity contribution >= 4 is 11.6 Å². The molecule has 2 aromatic carbocycles. The minimum Gasteiger partial charge on any atom is -0.362 e. The lowest BCUT2D eigenvalue weighted by Crippen LogP contribution is -2.56. The van der Waals surface area contributed by atoms with Crippen LogP contribution < -0.4 is 0 Å². The van der Waals surface area contributed by atoms with Crippen molar-refractivity contribution in [3.8, 4) is 0 Å². The van der Waals surface area contributed by atoms with Gasteiger partial charge in [0.05, 0.1) is 12.1 Å². The SMILES string of the molecule is CC(C)(C)c1ccc(C(=O)N2N=C(c3ccccc3)C[C@]2(O)C(F)(F)F)cc1. The molecule has 0 aromatic heterocycles. The van der Waals surface area contributed by atoms with Gasteiger partial charge in [0, 0.05) is 5.56 Å². The molecular formula is C21H21F3N2O2. The van der Waals surface area contributed by atoms with Gasteiger partial charge in [0.25, 0.3) is 11.6 Å². The number of benzene rings is 2. The molecule has 1 heterocycles. The third-order valence-electron chi connectivity index (χ3n) is 4.74. The summed E-state index contributed by atoms with van der Waals surface area (Å²) in [6.07, 6.45) is -5.89. The van der Waals surface area contributed by atoms with Crippen molar-refractivity contribution in [2.24, 2.45) is 5.10 Å². The van der Waals surface area contributed by atoms with Gasteiger partial charge >= 0.3 is 6.18 Å². The van der Waals surface area contributed by atoms with Gasteiger partial charge in [-0.2, -0.15) is 23.3 Å². The summed E-state index contributed by atoms with van der Waals surface area (Å²) in [5.74, 6) is -1.01. The summed E-state index contributed by atoms with van der Waals surface area (Å²) >= 11 is 0. The highest BCUT2D eigenvalue weighted by Crippen LogP contribution is 2.42. The Bertz CT molecular complexity index is 900. The molecule has 0 unspecified atom stereocenters. The van der Waals surface area contributed by atoms with Crippen molar-refractivity contribution in [2.45, 2.75) is 44.5 Å². The monoisotopic (exact) mass is 390 g/mol. The standard InChI is InChI=1S/C21H21F3N2O2/c1-19(2,3)16-11-9-15(10-12-16)18(27)26-20(28,21(22,23)24)13-17(25-26)14-7-5-4-6-8-14/h4-12,28H,13H2,1-3H3/t20-/m0/s1. The van der Waals surface area contributed by atoms with E-state index in [2.05, 4.69) is 5.10 Å². The normalized spacial score (nSPS) is 20.2. The fraction of sp³-hybridized carbons (Fsp3) is 0.333. The summed E-state index contributed by atoms with van der Waals surface area (Å²) in [5, 5.41) is 14.4. The van der Waals surface area contributed by atoms with Crippen LogP contribution in [0.3, 0.4) is 0 Å². The third kappa shape index (κ3) is 3.54. The van der Waals surface area contributed by atoms with Gasteiger partial charge in [-0.15, -0.1) is 0 Å². The summed E-state index contributed by atoms with van der Waals surface area (Å²) in [6.45, 7) is 5.97. The highest BCUT2D eigenvalue weighted by molar-refractivity contribution is 6.05. The van der Waals surface area contributed by atoms with E-state index in [1.807, 2.05) is 20.8 Å². The molecule has 0 saturated carbocycles. The van der Waals surface area contributed by atoms with Crippen LogP contribution >= 0.6 is 0 Å². The summed E-state index contributed by atoms with van der Waals surface area (Å²) in [5.41, 5.74) is -2.18. The van der Waals surface area contributed by atoms with Crippen LogP contribution in [0.4, 0.5) is 13.2 Å². The number of aliphatic hydroxyl groups is 1. The Kier molecular flexibility index (Phi) is 4.83. The van der Waals surface area contributed by atoms with E-state index in [9.17, 15) is 23.1 Å².